The second-order valence-electron chi connectivity index (χ2n) is 5.98. The maximum Gasteiger partial charge on any atom is 0.318 e. The van der Waals surface area contributed by atoms with E-state index in [0.717, 1.165) is 10.7 Å². The summed E-state index contributed by atoms with van der Waals surface area (Å²) >= 11 is 3.31. The molecular formula is C15H21IN6O2S. The predicted octanol–water partition coefficient (Wildman–Crippen LogP) is 2.42. The summed E-state index contributed by atoms with van der Waals surface area (Å²) in [4.78, 5) is 30.2. The van der Waals surface area contributed by atoms with Crippen molar-refractivity contribution in [3.63, 3.8) is 0 Å². The highest BCUT2D eigenvalue weighted by Gasteiger charge is 2.21. The molecule has 10 heteroatoms. The van der Waals surface area contributed by atoms with Gasteiger partial charge in [0, 0.05) is 47.5 Å². The van der Waals surface area contributed by atoms with E-state index < -0.39 is 6.04 Å². The standard InChI is InChI=1S/C15H21IN6O2S/c1-10(2)14-19-11(7-25-14)6-21(3)15(24)20-12(13(16)23)4-5-22-8-17-18-9-22/h7-10,12H,4-6H2,1-3H3,(H,20,24). The van der Waals surface area contributed by atoms with Crippen LogP contribution < -0.4 is 5.32 Å². The Kier molecular flexibility index (Phi) is 7.29. The van der Waals surface area contributed by atoms with Gasteiger partial charge in [0.1, 0.15) is 18.7 Å². The van der Waals surface area contributed by atoms with Gasteiger partial charge in [-0.2, -0.15) is 0 Å². The highest BCUT2D eigenvalue weighted by atomic mass is 127. The van der Waals surface area contributed by atoms with Gasteiger partial charge in [-0.15, -0.1) is 21.5 Å². The van der Waals surface area contributed by atoms with Crippen molar-refractivity contribution in [2.45, 2.75) is 45.3 Å². The lowest BCUT2D eigenvalue weighted by Crippen LogP contribution is -2.45. The van der Waals surface area contributed by atoms with Crippen molar-refractivity contribution in [3.8, 4) is 0 Å². The largest absolute Gasteiger partial charge is 0.327 e. The van der Waals surface area contributed by atoms with Crippen molar-refractivity contribution in [1.29, 1.82) is 0 Å². The zero-order chi connectivity index (χ0) is 18.4. The van der Waals surface area contributed by atoms with Gasteiger partial charge in [0.15, 0.2) is 0 Å². The van der Waals surface area contributed by atoms with Crippen molar-refractivity contribution >= 4 is 43.7 Å². The van der Waals surface area contributed by atoms with E-state index in [1.165, 1.54) is 4.90 Å². The van der Waals surface area contributed by atoms with Gasteiger partial charge in [-0.05, 0) is 6.42 Å². The molecule has 8 nitrogen and oxygen atoms in total. The Labute approximate surface area is 164 Å². The Morgan fingerprint density at radius 1 is 1.36 bits per heavy atom. The van der Waals surface area contributed by atoms with Crippen molar-refractivity contribution < 1.29 is 9.59 Å². The summed E-state index contributed by atoms with van der Waals surface area (Å²) in [6.07, 6.45) is 3.64. The topological polar surface area (TPSA) is 93.0 Å². The Morgan fingerprint density at radius 3 is 2.60 bits per heavy atom. The molecular weight excluding hydrogens is 455 g/mol. The number of rotatable bonds is 8. The third kappa shape index (κ3) is 6.03. The van der Waals surface area contributed by atoms with Crippen LogP contribution in [-0.4, -0.2) is 47.6 Å². The molecule has 0 saturated carbocycles. The van der Waals surface area contributed by atoms with Crippen LogP contribution in [0.3, 0.4) is 0 Å². The number of aryl methyl sites for hydroxylation is 1. The van der Waals surface area contributed by atoms with E-state index in [0.29, 0.717) is 25.4 Å². The van der Waals surface area contributed by atoms with Crippen LogP contribution in [0.4, 0.5) is 4.79 Å². The molecule has 0 radical (unpaired) electrons. The average Bonchev–Trinajstić information content (AvgIpc) is 3.22. The summed E-state index contributed by atoms with van der Waals surface area (Å²) in [5.41, 5.74) is 0.855. The van der Waals surface area contributed by atoms with Crippen molar-refractivity contribution in [2.75, 3.05) is 7.05 Å². The summed E-state index contributed by atoms with van der Waals surface area (Å²) in [5.74, 6) is 0.372. The fourth-order valence-corrected chi connectivity index (χ4v) is 3.39. The number of hydrogen-bond donors (Lipinski definition) is 1. The number of hydrogen-bond acceptors (Lipinski definition) is 6. The molecule has 1 unspecified atom stereocenters. The van der Waals surface area contributed by atoms with Crippen LogP contribution in [0.1, 0.15) is 36.9 Å². The number of urea groups is 1. The van der Waals surface area contributed by atoms with Crippen LogP contribution >= 0.6 is 33.9 Å². The monoisotopic (exact) mass is 476 g/mol. The van der Waals surface area contributed by atoms with Crippen LogP contribution in [0.2, 0.25) is 0 Å². The van der Waals surface area contributed by atoms with E-state index in [-0.39, 0.29) is 9.82 Å². The quantitative estimate of drug-likeness (QED) is 0.467. The summed E-state index contributed by atoms with van der Waals surface area (Å²) in [6.45, 7) is 5.14. The Bertz CT molecular complexity index is 703. The molecule has 1 N–H and O–H groups in total. The number of carbonyl (C=O) groups excluding carboxylic acids is 2. The smallest absolute Gasteiger partial charge is 0.318 e. The highest BCUT2D eigenvalue weighted by molar-refractivity contribution is 14.1. The summed E-state index contributed by atoms with van der Waals surface area (Å²) in [5, 5.41) is 13.2. The first-order valence-electron chi connectivity index (χ1n) is 7.84. The van der Waals surface area contributed by atoms with Gasteiger partial charge in [-0.1, -0.05) is 13.8 Å². The number of aromatic nitrogens is 4. The third-order valence-corrected chi connectivity index (χ3v) is 5.47. The average molecular weight is 476 g/mol. The van der Waals surface area contributed by atoms with E-state index in [1.54, 1.807) is 58.2 Å². The number of amides is 2. The molecule has 136 valence electrons. The van der Waals surface area contributed by atoms with E-state index in [2.05, 4.69) is 34.3 Å². The second-order valence-corrected chi connectivity index (χ2v) is 7.94. The molecule has 0 aliphatic heterocycles. The molecule has 2 aromatic rings. The maximum atomic E-state index is 12.4. The van der Waals surface area contributed by atoms with Crippen LogP contribution in [0, 0.1) is 0 Å². The number of nitrogens with zero attached hydrogens (tertiary/aromatic N) is 5. The molecule has 2 heterocycles. The van der Waals surface area contributed by atoms with Gasteiger partial charge < -0.3 is 14.8 Å². The van der Waals surface area contributed by atoms with Gasteiger partial charge in [0.05, 0.1) is 17.2 Å². The van der Waals surface area contributed by atoms with Gasteiger partial charge in [-0.25, -0.2) is 9.78 Å². The molecule has 0 spiro atoms. The van der Waals surface area contributed by atoms with Crippen LogP contribution in [0.15, 0.2) is 18.0 Å². The molecule has 2 aromatic heterocycles. The molecule has 2 amide bonds. The molecule has 0 aliphatic carbocycles. The SMILES string of the molecule is CC(C)c1nc(CN(C)C(=O)NC(CCn2cnnc2)C(=O)I)cs1. The van der Waals surface area contributed by atoms with Gasteiger partial charge in [0.2, 0.25) is 3.79 Å². The van der Waals surface area contributed by atoms with E-state index >= 15 is 0 Å². The lowest BCUT2D eigenvalue weighted by atomic mass is 10.2. The summed E-state index contributed by atoms with van der Waals surface area (Å²) < 4.78 is 1.66. The summed E-state index contributed by atoms with van der Waals surface area (Å²) in [7, 11) is 1.69. The van der Waals surface area contributed by atoms with Crippen LogP contribution in [0.25, 0.3) is 0 Å². The minimum Gasteiger partial charge on any atom is -0.327 e. The normalized spacial score (nSPS) is 12.2. The van der Waals surface area contributed by atoms with Crippen LogP contribution in [-0.2, 0) is 17.9 Å². The molecule has 0 aliphatic rings. The predicted molar refractivity (Wildman–Crippen MR) is 104 cm³/mol. The van der Waals surface area contributed by atoms with Gasteiger partial charge >= 0.3 is 6.03 Å². The van der Waals surface area contributed by atoms with Crippen molar-refractivity contribution in [2.24, 2.45) is 0 Å². The molecule has 25 heavy (non-hydrogen) atoms. The first-order chi connectivity index (χ1) is 11.9. The lowest BCUT2D eigenvalue weighted by Gasteiger charge is -2.21. The fourth-order valence-electron chi connectivity index (χ4n) is 2.09. The first kappa shape index (κ1) is 19.8. The van der Waals surface area contributed by atoms with E-state index in [9.17, 15) is 9.59 Å². The number of carbonyl (C=O) groups is 2. The maximum absolute atomic E-state index is 12.4. The molecule has 0 saturated heterocycles. The summed E-state index contributed by atoms with van der Waals surface area (Å²) in [6, 6.07) is -0.850. The van der Waals surface area contributed by atoms with Crippen molar-refractivity contribution in [3.05, 3.63) is 28.7 Å². The lowest BCUT2D eigenvalue weighted by molar-refractivity contribution is -0.111. The molecule has 0 aromatic carbocycles. The number of nitrogens with one attached hydrogen (secondary N) is 1. The fraction of sp³-hybridized carbons (Fsp3) is 0.533. The first-order valence-corrected chi connectivity index (χ1v) is 9.80. The Hall–Kier alpha value is -1.56. The van der Waals surface area contributed by atoms with Gasteiger partial charge in [-0.3, -0.25) is 4.79 Å². The van der Waals surface area contributed by atoms with Crippen molar-refractivity contribution in [1.82, 2.24) is 30.0 Å². The highest BCUT2D eigenvalue weighted by Crippen LogP contribution is 2.19. The Balaban J connectivity index is 1.88. The minimum atomic E-state index is -0.556. The number of halogens is 1. The number of thiazole rings is 1. The second kappa shape index (κ2) is 9.22. The zero-order valence-electron chi connectivity index (χ0n) is 14.3. The molecule has 2 rings (SSSR count). The zero-order valence-corrected chi connectivity index (χ0v) is 17.3. The molecule has 1 atom stereocenters. The minimum absolute atomic E-state index is 0.108. The molecule has 0 fully saturated rings. The van der Waals surface area contributed by atoms with E-state index in [4.69, 9.17) is 0 Å². The van der Waals surface area contributed by atoms with Gasteiger partial charge in [0.25, 0.3) is 0 Å². The van der Waals surface area contributed by atoms with Crippen LogP contribution in [0.5, 0.6) is 0 Å². The Morgan fingerprint density at radius 2 is 2.04 bits per heavy atom. The van der Waals surface area contributed by atoms with E-state index in [1.807, 2.05) is 5.38 Å². The molecule has 0 bridgehead atoms. The third-order valence-electron chi connectivity index (χ3n) is 3.52.